The minimum absolute atomic E-state index is 0.0458. The minimum Gasteiger partial charge on any atom is -0.399 e. The van der Waals surface area contributed by atoms with Crippen LogP contribution in [0.4, 0.5) is 11.4 Å². The molecule has 0 saturated carbocycles. The van der Waals surface area contributed by atoms with Gasteiger partial charge in [-0.1, -0.05) is 0 Å². The summed E-state index contributed by atoms with van der Waals surface area (Å²) in [6.07, 6.45) is 0. The number of aryl methyl sites for hydroxylation is 1. The van der Waals surface area contributed by atoms with Crippen LogP contribution >= 0.6 is 11.3 Å². The van der Waals surface area contributed by atoms with E-state index in [2.05, 4.69) is 4.98 Å². The van der Waals surface area contributed by atoms with Gasteiger partial charge in [0.1, 0.15) is 0 Å². The van der Waals surface area contributed by atoms with Crippen molar-refractivity contribution >= 4 is 28.6 Å². The second kappa shape index (κ2) is 6.69. The minimum atomic E-state index is 0.0458. The molecular weight excluding hydrogens is 284 g/mol. The van der Waals surface area contributed by atoms with Gasteiger partial charge in [-0.15, -0.1) is 11.3 Å². The Labute approximate surface area is 129 Å². The first kappa shape index (κ1) is 15.5. The van der Waals surface area contributed by atoms with E-state index in [1.54, 1.807) is 35.4 Å². The van der Waals surface area contributed by atoms with E-state index in [9.17, 15) is 4.79 Å². The monoisotopic (exact) mass is 304 g/mol. The van der Waals surface area contributed by atoms with Gasteiger partial charge in [0.25, 0.3) is 0 Å². The third kappa shape index (κ3) is 4.03. The molecule has 0 aliphatic rings. The zero-order chi connectivity index (χ0) is 15.4. The van der Waals surface area contributed by atoms with Gasteiger partial charge in [-0.05, 0) is 38.2 Å². The van der Waals surface area contributed by atoms with Crippen molar-refractivity contribution in [3.63, 3.8) is 0 Å². The van der Waals surface area contributed by atoms with Gasteiger partial charge in [0.15, 0.2) is 0 Å². The van der Waals surface area contributed by atoms with Crippen LogP contribution in [0.15, 0.2) is 29.8 Å². The fraction of sp³-hybridized carbons (Fsp3) is 0.333. The molecule has 2 N–H and O–H groups in total. The van der Waals surface area contributed by atoms with E-state index in [1.807, 2.05) is 36.5 Å². The number of hydrogen-bond acceptors (Lipinski definition) is 5. The summed E-state index contributed by atoms with van der Waals surface area (Å²) in [4.78, 5) is 21.4. The summed E-state index contributed by atoms with van der Waals surface area (Å²) in [5, 5.41) is 0. The summed E-state index contributed by atoms with van der Waals surface area (Å²) in [6, 6.07) is 7.29. The van der Waals surface area contributed by atoms with E-state index < -0.39 is 0 Å². The largest absolute Gasteiger partial charge is 0.399 e. The highest BCUT2D eigenvalue weighted by atomic mass is 32.1. The van der Waals surface area contributed by atoms with Crippen LogP contribution < -0.4 is 10.6 Å². The molecule has 21 heavy (non-hydrogen) atoms. The smallest absolute Gasteiger partial charge is 0.240 e. The van der Waals surface area contributed by atoms with Gasteiger partial charge in [0.05, 0.1) is 17.7 Å². The maximum Gasteiger partial charge on any atom is 0.240 e. The van der Waals surface area contributed by atoms with Gasteiger partial charge < -0.3 is 10.6 Å². The molecule has 2 aromatic rings. The highest BCUT2D eigenvalue weighted by molar-refractivity contribution is 7.09. The number of amides is 1. The van der Waals surface area contributed by atoms with E-state index in [0.717, 1.165) is 17.9 Å². The number of thiazole rings is 1. The molecule has 112 valence electrons. The zero-order valence-corrected chi connectivity index (χ0v) is 13.4. The number of hydrogen-bond donors (Lipinski definition) is 1. The number of benzene rings is 1. The van der Waals surface area contributed by atoms with Crippen LogP contribution in [0.5, 0.6) is 0 Å². The van der Waals surface area contributed by atoms with Crippen LogP contribution in [0.3, 0.4) is 0 Å². The number of carbonyl (C=O) groups is 1. The normalized spacial score (nSPS) is 10.9. The Balaban J connectivity index is 1.94. The van der Waals surface area contributed by atoms with Gasteiger partial charge in [-0.2, -0.15) is 0 Å². The molecule has 1 aromatic carbocycles. The summed E-state index contributed by atoms with van der Waals surface area (Å²) >= 11 is 1.62. The van der Waals surface area contributed by atoms with Crippen molar-refractivity contribution in [1.29, 1.82) is 0 Å². The predicted molar refractivity (Wildman–Crippen MR) is 87.4 cm³/mol. The van der Waals surface area contributed by atoms with Crippen LogP contribution in [-0.4, -0.2) is 36.4 Å². The number of carbonyl (C=O) groups excluding carboxylic acids is 1. The van der Waals surface area contributed by atoms with Crippen LogP contribution in [0, 0.1) is 6.92 Å². The summed E-state index contributed by atoms with van der Waals surface area (Å²) < 4.78 is 0. The molecule has 0 aliphatic heterocycles. The van der Waals surface area contributed by atoms with Crippen molar-refractivity contribution in [3.8, 4) is 0 Å². The molecule has 1 aromatic heterocycles. The van der Waals surface area contributed by atoms with E-state index >= 15 is 0 Å². The highest BCUT2D eigenvalue weighted by Crippen LogP contribution is 2.16. The number of nitrogen functional groups attached to an aromatic ring is 1. The van der Waals surface area contributed by atoms with Crippen molar-refractivity contribution in [3.05, 3.63) is 40.3 Å². The second-order valence-electron chi connectivity index (χ2n) is 5.08. The van der Waals surface area contributed by atoms with Crippen LogP contribution in [0.2, 0.25) is 0 Å². The van der Waals surface area contributed by atoms with Crippen LogP contribution in [0.25, 0.3) is 0 Å². The predicted octanol–water partition coefficient (Wildman–Crippen LogP) is 2.13. The average molecular weight is 304 g/mol. The maximum absolute atomic E-state index is 12.3. The van der Waals surface area contributed by atoms with Gasteiger partial charge in [0.2, 0.25) is 5.91 Å². The molecule has 0 aliphatic carbocycles. The summed E-state index contributed by atoms with van der Waals surface area (Å²) in [5.74, 6) is 0.0458. The molecule has 0 saturated heterocycles. The Morgan fingerprint density at radius 1 is 1.29 bits per heavy atom. The van der Waals surface area contributed by atoms with E-state index in [-0.39, 0.29) is 5.91 Å². The molecule has 1 amide bonds. The van der Waals surface area contributed by atoms with Crippen LogP contribution in [-0.2, 0) is 11.3 Å². The maximum atomic E-state index is 12.3. The molecule has 0 atom stereocenters. The average Bonchev–Trinajstić information content (AvgIpc) is 2.84. The fourth-order valence-corrected chi connectivity index (χ4v) is 2.81. The molecule has 0 spiro atoms. The number of rotatable bonds is 5. The lowest BCUT2D eigenvalue weighted by atomic mass is 10.2. The molecule has 0 radical (unpaired) electrons. The second-order valence-corrected chi connectivity index (χ2v) is 6.02. The van der Waals surface area contributed by atoms with E-state index in [4.69, 9.17) is 5.73 Å². The fourth-order valence-electron chi connectivity index (χ4n) is 1.96. The molecule has 1 heterocycles. The Morgan fingerprint density at radius 2 is 1.95 bits per heavy atom. The number of likely N-dealkylation sites (N-methyl/N-ethyl adjacent to an activating group) is 2. The Bertz CT molecular complexity index is 608. The molecule has 0 unspecified atom stereocenters. The standard InChI is InChI=1S/C15H20N4OS/c1-11-14(21-10-17-11)8-18(2)9-15(20)19(3)13-6-4-12(16)5-7-13/h4-7,10H,8-9,16H2,1-3H3. The molecule has 5 nitrogen and oxygen atoms in total. The van der Waals surface area contributed by atoms with Gasteiger partial charge in [-0.3, -0.25) is 9.69 Å². The SMILES string of the molecule is Cc1ncsc1CN(C)CC(=O)N(C)c1ccc(N)cc1. The van der Waals surface area contributed by atoms with Gasteiger partial charge in [-0.25, -0.2) is 4.98 Å². The summed E-state index contributed by atoms with van der Waals surface area (Å²) in [5.41, 5.74) is 10.1. The number of anilines is 2. The summed E-state index contributed by atoms with van der Waals surface area (Å²) in [6.45, 7) is 3.08. The first-order valence-electron chi connectivity index (χ1n) is 6.67. The Morgan fingerprint density at radius 3 is 2.52 bits per heavy atom. The molecule has 0 fully saturated rings. The van der Waals surface area contributed by atoms with Crippen molar-refractivity contribution in [2.24, 2.45) is 0 Å². The van der Waals surface area contributed by atoms with E-state index in [0.29, 0.717) is 12.2 Å². The third-order valence-corrected chi connectivity index (χ3v) is 4.24. The number of nitrogens with two attached hydrogens (primary N) is 1. The summed E-state index contributed by atoms with van der Waals surface area (Å²) in [7, 11) is 3.72. The molecule has 2 rings (SSSR count). The highest BCUT2D eigenvalue weighted by Gasteiger charge is 2.14. The van der Waals surface area contributed by atoms with Crippen molar-refractivity contribution in [1.82, 2.24) is 9.88 Å². The topological polar surface area (TPSA) is 62.5 Å². The lowest BCUT2D eigenvalue weighted by Gasteiger charge is -2.22. The number of aromatic nitrogens is 1. The number of nitrogens with zero attached hydrogens (tertiary/aromatic N) is 3. The molecule has 0 bridgehead atoms. The van der Waals surface area contributed by atoms with Crippen molar-refractivity contribution in [2.45, 2.75) is 13.5 Å². The third-order valence-electron chi connectivity index (χ3n) is 3.32. The zero-order valence-electron chi connectivity index (χ0n) is 12.5. The Hall–Kier alpha value is -1.92. The lowest BCUT2D eigenvalue weighted by Crippen LogP contribution is -2.36. The molecule has 6 heteroatoms. The van der Waals surface area contributed by atoms with Crippen molar-refractivity contribution < 1.29 is 4.79 Å². The van der Waals surface area contributed by atoms with Crippen LogP contribution in [0.1, 0.15) is 10.6 Å². The van der Waals surface area contributed by atoms with Gasteiger partial charge >= 0.3 is 0 Å². The first-order valence-corrected chi connectivity index (χ1v) is 7.55. The quantitative estimate of drug-likeness (QED) is 0.860. The van der Waals surface area contributed by atoms with Crippen molar-refractivity contribution in [2.75, 3.05) is 31.3 Å². The first-order chi connectivity index (χ1) is 9.97. The lowest BCUT2D eigenvalue weighted by molar-refractivity contribution is -0.119. The van der Waals surface area contributed by atoms with Gasteiger partial charge in [0, 0.05) is 29.8 Å². The van der Waals surface area contributed by atoms with E-state index in [1.165, 1.54) is 4.88 Å². The Kier molecular flexibility index (Phi) is 4.93. The molecular formula is C15H20N4OS.